The zero-order valence-corrected chi connectivity index (χ0v) is 18.4. The summed E-state index contributed by atoms with van der Waals surface area (Å²) in [6, 6.07) is 23.4. The molecule has 2 nitrogen and oxygen atoms in total. The SMILES string of the molecule is Cc1ccc2c(c1)N=C(c1ccc(Br)cc1)CC(C)(c1ccc(Br)cc1)N2. The van der Waals surface area contributed by atoms with E-state index in [1.165, 1.54) is 11.1 Å². The minimum atomic E-state index is -0.257. The van der Waals surface area contributed by atoms with E-state index >= 15 is 0 Å². The Kier molecular flexibility index (Phi) is 4.95. The van der Waals surface area contributed by atoms with Crippen molar-refractivity contribution in [3.05, 3.63) is 92.4 Å². The van der Waals surface area contributed by atoms with Crippen LogP contribution in [0.3, 0.4) is 0 Å². The smallest absolute Gasteiger partial charge is 0.0867 e. The highest BCUT2D eigenvalue weighted by Crippen LogP contribution is 2.39. The van der Waals surface area contributed by atoms with Crippen LogP contribution < -0.4 is 5.32 Å². The first-order valence-corrected chi connectivity index (χ1v) is 10.5. The van der Waals surface area contributed by atoms with Crippen LogP contribution in [0.15, 0.2) is 80.7 Å². The lowest BCUT2D eigenvalue weighted by Crippen LogP contribution is -2.33. The van der Waals surface area contributed by atoms with Gasteiger partial charge in [0, 0.05) is 15.4 Å². The van der Waals surface area contributed by atoms with E-state index in [-0.39, 0.29) is 5.54 Å². The Morgan fingerprint density at radius 3 is 2.19 bits per heavy atom. The minimum Gasteiger partial charge on any atom is -0.374 e. The average Bonchev–Trinajstić information content (AvgIpc) is 2.79. The van der Waals surface area contributed by atoms with Crippen molar-refractivity contribution in [1.29, 1.82) is 0 Å². The van der Waals surface area contributed by atoms with Crippen molar-refractivity contribution in [1.82, 2.24) is 0 Å². The van der Waals surface area contributed by atoms with Crippen LogP contribution in [0.4, 0.5) is 11.4 Å². The zero-order valence-electron chi connectivity index (χ0n) is 15.3. The van der Waals surface area contributed by atoms with Gasteiger partial charge in [-0.1, -0.05) is 62.2 Å². The lowest BCUT2D eigenvalue weighted by Gasteiger charge is -2.32. The fourth-order valence-corrected chi connectivity index (χ4v) is 4.03. The summed E-state index contributed by atoms with van der Waals surface area (Å²) in [5, 5.41) is 3.77. The van der Waals surface area contributed by atoms with Gasteiger partial charge in [0.15, 0.2) is 0 Å². The largest absolute Gasteiger partial charge is 0.374 e. The highest BCUT2D eigenvalue weighted by Gasteiger charge is 2.32. The molecule has 0 aromatic heterocycles. The van der Waals surface area contributed by atoms with Gasteiger partial charge in [-0.3, -0.25) is 4.99 Å². The summed E-state index contributed by atoms with van der Waals surface area (Å²) in [6.45, 7) is 4.35. The van der Waals surface area contributed by atoms with E-state index in [1.807, 2.05) is 0 Å². The van der Waals surface area contributed by atoms with Crippen LogP contribution in [-0.2, 0) is 5.54 Å². The van der Waals surface area contributed by atoms with Gasteiger partial charge in [0.25, 0.3) is 0 Å². The summed E-state index contributed by atoms with van der Waals surface area (Å²) >= 11 is 7.07. The molecule has 0 saturated heterocycles. The molecule has 1 aliphatic rings. The molecule has 0 radical (unpaired) electrons. The molecule has 1 unspecified atom stereocenters. The number of fused-ring (bicyclic) bond motifs is 1. The molecule has 3 aromatic carbocycles. The van der Waals surface area contributed by atoms with Crippen LogP contribution in [0.2, 0.25) is 0 Å². The molecule has 1 atom stereocenters. The van der Waals surface area contributed by atoms with Crippen molar-refractivity contribution >= 4 is 48.9 Å². The first-order chi connectivity index (χ1) is 12.9. The van der Waals surface area contributed by atoms with E-state index in [2.05, 4.69) is 118 Å². The third kappa shape index (κ3) is 3.87. The summed E-state index contributed by atoms with van der Waals surface area (Å²) in [7, 11) is 0. The third-order valence-corrected chi connectivity index (χ3v) is 6.06. The third-order valence-electron chi connectivity index (χ3n) is 5.00. The van der Waals surface area contributed by atoms with Crippen LogP contribution in [-0.4, -0.2) is 5.71 Å². The van der Waals surface area contributed by atoms with Crippen LogP contribution >= 0.6 is 31.9 Å². The maximum atomic E-state index is 5.07. The van der Waals surface area contributed by atoms with Gasteiger partial charge in [0.2, 0.25) is 0 Å². The standard InChI is InChI=1S/C23H20Br2N2/c1-15-3-12-20-21(13-15)26-22(16-4-8-18(24)9-5-16)14-23(2,27-20)17-6-10-19(25)11-7-17/h3-13,27H,14H2,1-2H3. The van der Waals surface area contributed by atoms with Crippen molar-refractivity contribution in [2.24, 2.45) is 4.99 Å². The highest BCUT2D eigenvalue weighted by atomic mass is 79.9. The van der Waals surface area contributed by atoms with E-state index in [9.17, 15) is 0 Å². The maximum Gasteiger partial charge on any atom is 0.0867 e. The Morgan fingerprint density at radius 2 is 1.52 bits per heavy atom. The molecular formula is C23H20Br2N2. The van der Waals surface area contributed by atoms with Crippen LogP contribution in [0.25, 0.3) is 0 Å². The molecule has 1 heterocycles. The normalized spacial score (nSPS) is 18.9. The van der Waals surface area contributed by atoms with Gasteiger partial charge in [0.1, 0.15) is 0 Å². The highest BCUT2D eigenvalue weighted by molar-refractivity contribution is 9.10. The molecule has 0 aliphatic carbocycles. The van der Waals surface area contributed by atoms with Gasteiger partial charge >= 0.3 is 0 Å². The monoisotopic (exact) mass is 482 g/mol. The van der Waals surface area contributed by atoms with Gasteiger partial charge in [0.05, 0.1) is 22.6 Å². The number of halogens is 2. The summed E-state index contributed by atoms with van der Waals surface area (Å²) in [4.78, 5) is 5.07. The topological polar surface area (TPSA) is 24.4 Å². The fraction of sp³-hybridized carbons (Fsp3) is 0.174. The van der Waals surface area contributed by atoms with E-state index < -0.39 is 0 Å². The van der Waals surface area contributed by atoms with Crippen molar-refractivity contribution in [3.8, 4) is 0 Å². The Bertz CT molecular complexity index is 1010. The summed E-state index contributed by atoms with van der Waals surface area (Å²) < 4.78 is 2.16. The molecular weight excluding hydrogens is 464 g/mol. The van der Waals surface area contributed by atoms with Crippen molar-refractivity contribution < 1.29 is 0 Å². The molecule has 1 aliphatic heterocycles. The lowest BCUT2D eigenvalue weighted by molar-refractivity contribution is 0.571. The summed E-state index contributed by atoms with van der Waals surface area (Å²) in [5.74, 6) is 0. The molecule has 27 heavy (non-hydrogen) atoms. The van der Waals surface area contributed by atoms with Gasteiger partial charge in [-0.2, -0.15) is 0 Å². The molecule has 0 spiro atoms. The number of nitrogens with zero attached hydrogens (tertiary/aromatic N) is 1. The van der Waals surface area contributed by atoms with E-state index in [4.69, 9.17) is 4.99 Å². The van der Waals surface area contributed by atoms with Gasteiger partial charge in [-0.05, 0) is 66.9 Å². The first-order valence-electron chi connectivity index (χ1n) is 8.91. The molecule has 0 saturated carbocycles. The second kappa shape index (κ2) is 7.25. The molecule has 4 heteroatoms. The van der Waals surface area contributed by atoms with Crippen LogP contribution in [0, 0.1) is 6.92 Å². The Hall–Kier alpha value is -1.91. The number of anilines is 1. The van der Waals surface area contributed by atoms with Crippen molar-refractivity contribution in [3.63, 3.8) is 0 Å². The second-order valence-electron chi connectivity index (χ2n) is 7.23. The van der Waals surface area contributed by atoms with Crippen molar-refractivity contribution in [2.75, 3.05) is 5.32 Å². The Balaban J connectivity index is 1.86. The summed E-state index contributed by atoms with van der Waals surface area (Å²) in [5.41, 5.74) is 6.49. The molecule has 0 bridgehead atoms. The molecule has 3 aromatic rings. The van der Waals surface area contributed by atoms with Crippen molar-refractivity contribution in [2.45, 2.75) is 25.8 Å². The average molecular weight is 484 g/mol. The zero-order chi connectivity index (χ0) is 19.0. The van der Waals surface area contributed by atoms with Crippen LogP contribution in [0.5, 0.6) is 0 Å². The molecule has 136 valence electrons. The second-order valence-corrected chi connectivity index (χ2v) is 9.06. The number of rotatable bonds is 2. The number of benzene rings is 3. The number of hydrogen-bond donors (Lipinski definition) is 1. The maximum absolute atomic E-state index is 5.07. The molecule has 4 rings (SSSR count). The number of nitrogens with one attached hydrogen (secondary N) is 1. The van der Waals surface area contributed by atoms with Gasteiger partial charge in [-0.15, -0.1) is 0 Å². The van der Waals surface area contributed by atoms with E-state index in [1.54, 1.807) is 0 Å². The van der Waals surface area contributed by atoms with Gasteiger partial charge in [-0.25, -0.2) is 0 Å². The van der Waals surface area contributed by atoms with E-state index in [0.29, 0.717) is 0 Å². The fourth-order valence-electron chi connectivity index (χ4n) is 3.50. The lowest BCUT2D eigenvalue weighted by atomic mass is 9.85. The number of hydrogen-bond acceptors (Lipinski definition) is 2. The first kappa shape index (κ1) is 18.5. The molecule has 1 N–H and O–H groups in total. The van der Waals surface area contributed by atoms with Gasteiger partial charge < -0.3 is 5.32 Å². The Morgan fingerprint density at radius 1 is 0.889 bits per heavy atom. The molecule has 0 fully saturated rings. The molecule has 0 amide bonds. The quantitative estimate of drug-likeness (QED) is 0.404. The predicted molar refractivity (Wildman–Crippen MR) is 121 cm³/mol. The Labute approximate surface area is 177 Å². The van der Waals surface area contributed by atoms with E-state index in [0.717, 1.165) is 38.0 Å². The number of aryl methyl sites for hydroxylation is 1. The van der Waals surface area contributed by atoms with Crippen LogP contribution in [0.1, 0.15) is 30.0 Å². The predicted octanol–water partition coefficient (Wildman–Crippen LogP) is 7.37. The summed E-state index contributed by atoms with van der Waals surface area (Å²) in [6.07, 6.45) is 0.796. The number of aliphatic imine (C=N–C) groups is 1. The minimum absolute atomic E-state index is 0.257.